The van der Waals surface area contributed by atoms with Gasteiger partial charge in [-0.1, -0.05) is 18.2 Å². The second-order valence-corrected chi connectivity index (χ2v) is 9.21. The lowest BCUT2D eigenvalue weighted by molar-refractivity contribution is 0.0651. The molecule has 1 N–H and O–H groups in total. The predicted octanol–water partition coefficient (Wildman–Crippen LogP) is 4.69. The summed E-state index contributed by atoms with van der Waals surface area (Å²) in [7, 11) is 0. The zero-order valence-electron chi connectivity index (χ0n) is 18.0. The maximum Gasteiger partial charge on any atom is 0.345 e. The van der Waals surface area contributed by atoms with Gasteiger partial charge >= 0.3 is 5.97 Å². The minimum atomic E-state index is -1.23. The summed E-state index contributed by atoms with van der Waals surface area (Å²) in [6.07, 6.45) is 1.61. The van der Waals surface area contributed by atoms with Crippen LogP contribution in [0.5, 0.6) is 17.4 Å². The van der Waals surface area contributed by atoms with E-state index in [4.69, 9.17) is 25.8 Å². The van der Waals surface area contributed by atoms with E-state index in [1.165, 1.54) is 0 Å². The molecule has 0 bridgehead atoms. The SMILES string of the molecule is C=Cc1c(Cl)nc2n1CCOc1c-2nc(OC(C)(C)C)c(C(=O)O)c1OC(C)(C)C. The number of pyridine rings is 1. The Morgan fingerprint density at radius 2 is 1.83 bits per heavy atom. The monoisotopic (exact) mass is 435 g/mol. The Bertz CT molecular complexity index is 1020. The van der Waals surface area contributed by atoms with Crippen molar-refractivity contribution in [1.29, 1.82) is 0 Å². The van der Waals surface area contributed by atoms with Crippen molar-refractivity contribution in [3.8, 4) is 28.9 Å². The average Bonchev–Trinajstić information content (AvgIpc) is 2.78. The van der Waals surface area contributed by atoms with Crippen molar-refractivity contribution >= 4 is 23.6 Å². The highest BCUT2D eigenvalue weighted by Gasteiger charge is 2.35. The number of halogens is 1. The van der Waals surface area contributed by atoms with Crippen LogP contribution in [0.2, 0.25) is 5.15 Å². The number of hydrogen-bond donors (Lipinski definition) is 1. The van der Waals surface area contributed by atoms with Gasteiger partial charge < -0.3 is 23.9 Å². The molecule has 0 saturated carbocycles. The Morgan fingerprint density at radius 1 is 1.20 bits per heavy atom. The van der Waals surface area contributed by atoms with Crippen LogP contribution in [-0.2, 0) is 6.54 Å². The van der Waals surface area contributed by atoms with Crippen molar-refractivity contribution in [3.63, 3.8) is 0 Å². The van der Waals surface area contributed by atoms with Crippen molar-refractivity contribution in [3.05, 3.63) is 23.0 Å². The van der Waals surface area contributed by atoms with Crippen LogP contribution in [0.3, 0.4) is 0 Å². The third-order valence-corrected chi connectivity index (χ3v) is 4.31. The number of imidazole rings is 1. The molecule has 0 saturated heterocycles. The molecule has 162 valence electrons. The molecule has 30 heavy (non-hydrogen) atoms. The van der Waals surface area contributed by atoms with Gasteiger partial charge in [-0.2, -0.15) is 0 Å². The first-order valence-electron chi connectivity index (χ1n) is 9.53. The molecule has 3 rings (SSSR count). The fourth-order valence-corrected chi connectivity index (χ4v) is 3.30. The summed E-state index contributed by atoms with van der Waals surface area (Å²) >= 11 is 6.30. The van der Waals surface area contributed by atoms with Crippen molar-refractivity contribution in [2.75, 3.05) is 6.61 Å². The summed E-state index contributed by atoms with van der Waals surface area (Å²) in [5.74, 6) is -0.641. The lowest BCUT2D eigenvalue weighted by Crippen LogP contribution is -2.28. The minimum absolute atomic E-state index is 0.0481. The number of fused-ring (bicyclic) bond motifs is 3. The Morgan fingerprint density at radius 3 is 2.37 bits per heavy atom. The average molecular weight is 436 g/mol. The maximum atomic E-state index is 12.2. The Hall–Kier alpha value is -2.74. The van der Waals surface area contributed by atoms with E-state index in [0.717, 1.165) is 0 Å². The van der Waals surface area contributed by atoms with Crippen LogP contribution in [0.25, 0.3) is 17.6 Å². The van der Waals surface area contributed by atoms with E-state index in [0.29, 0.717) is 23.8 Å². The van der Waals surface area contributed by atoms with Gasteiger partial charge in [0.1, 0.15) is 17.8 Å². The van der Waals surface area contributed by atoms with E-state index < -0.39 is 17.2 Å². The first-order chi connectivity index (χ1) is 13.8. The van der Waals surface area contributed by atoms with Crippen LogP contribution >= 0.6 is 11.6 Å². The molecule has 0 aromatic carbocycles. The quantitative estimate of drug-likeness (QED) is 0.744. The third-order valence-electron chi connectivity index (χ3n) is 4.03. The highest BCUT2D eigenvalue weighted by molar-refractivity contribution is 6.31. The number of rotatable bonds is 4. The molecule has 8 nitrogen and oxygen atoms in total. The molecule has 2 aromatic rings. The molecule has 9 heteroatoms. The van der Waals surface area contributed by atoms with Gasteiger partial charge in [0, 0.05) is 0 Å². The van der Waals surface area contributed by atoms with Crippen LogP contribution in [0.4, 0.5) is 0 Å². The van der Waals surface area contributed by atoms with Crippen LogP contribution in [0, 0.1) is 0 Å². The van der Waals surface area contributed by atoms with Crippen molar-refractivity contribution in [1.82, 2.24) is 14.5 Å². The summed E-state index contributed by atoms with van der Waals surface area (Å²) in [6.45, 7) is 15.3. The summed E-state index contributed by atoms with van der Waals surface area (Å²) in [5, 5.41) is 10.3. The van der Waals surface area contributed by atoms with Gasteiger partial charge in [-0.3, -0.25) is 0 Å². The van der Waals surface area contributed by atoms with Crippen molar-refractivity contribution in [2.45, 2.75) is 59.3 Å². The fraction of sp³-hybridized carbons (Fsp3) is 0.476. The van der Waals surface area contributed by atoms with Gasteiger partial charge in [-0.15, -0.1) is 0 Å². The molecule has 1 aliphatic heterocycles. The van der Waals surface area contributed by atoms with Gasteiger partial charge in [0.05, 0.1) is 12.2 Å². The normalized spacial score (nSPS) is 13.6. The zero-order valence-corrected chi connectivity index (χ0v) is 18.8. The summed E-state index contributed by atoms with van der Waals surface area (Å²) < 4.78 is 19.7. The van der Waals surface area contributed by atoms with E-state index in [9.17, 15) is 9.90 Å². The molecular weight excluding hydrogens is 410 g/mol. The molecule has 0 aliphatic carbocycles. The molecule has 3 heterocycles. The molecule has 0 unspecified atom stereocenters. The van der Waals surface area contributed by atoms with E-state index in [2.05, 4.69) is 16.5 Å². The number of nitrogens with zero attached hydrogens (tertiary/aromatic N) is 3. The fourth-order valence-electron chi connectivity index (χ4n) is 3.04. The summed E-state index contributed by atoms with van der Waals surface area (Å²) in [6, 6.07) is 0. The number of aromatic carboxylic acids is 1. The Balaban J connectivity index is 2.40. The predicted molar refractivity (Wildman–Crippen MR) is 114 cm³/mol. The lowest BCUT2D eigenvalue weighted by atomic mass is 10.1. The van der Waals surface area contributed by atoms with Crippen LogP contribution in [0.1, 0.15) is 57.6 Å². The molecule has 0 amide bonds. The highest BCUT2D eigenvalue weighted by Crippen LogP contribution is 2.46. The van der Waals surface area contributed by atoms with E-state index >= 15 is 0 Å². The number of ether oxygens (including phenoxy) is 3. The number of hydrogen-bond acceptors (Lipinski definition) is 6. The molecule has 0 fully saturated rings. The van der Waals surface area contributed by atoms with E-state index in [1.807, 2.05) is 25.3 Å². The second-order valence-electron chi connectivity index (χ2n) is 8.85. The smallest absolute Gasteiger partial charge is 0.345 e. The van der Waals surface area contributed by atoms with Crippen molar-refractivity contribution in [2.24, 2.45) is 0 Å². The topological polar surface area (TPSA) is 95.7 Å². The first-order valence-corrected chi connectivity index (χ1v) is 9.91. The van der Waals surface area contributed by atoms with Gasteiger partial charge in [0.2, 0.25) is 5.88 Å². The van der Waals surface area contributed by atoms with E-state index in [-0.39, 0.29) is 34.7 Å². The van der Waals surface area contributed by atoms with Gasteiger partial charge in [0.15, 0.2) is 33.7 Å². The minimum Gasteiger partial charge on any atom is -0.486 e. The molecule has 2 aromatic heterocycles. The molecule has 1 aliphatic rings. The van der Waals surface area contributed by atoms with Gasteiger partial charge in [-0.05, 0) is 47.6 Å². The number of aromatic nitrogens is 3. The number of carboxylic acid groups (broad SMARTS) is 1. The number of carbonyl (C=O) groups is 1. The molecule has 0 radical (unpaired) electrons. The largest absolute Gasteiger partial charge is 0.486 e. The Labute approximate surface area is 180 Å². The summed E-state index contributed by atoms with van der Waals surface area (Å²) in [4.78, 5) is 21.2. The number of carboxylic acids is 1. The van der Waals surface area contributed by atoms with Gasteiger partial charge in [0.25, 0.3) is 0 Å². The maximum absolute atomic E-state index is 12.2. The standard InChI is InChI=1S/C21H26ClN3O5/c1-8-11-16(22)24-17-13-15(28-10-9-25(11)17)14(29-20(2,3)4)12(19(26)27)18(23-13)30-21(5,6)7/h8H,1,9-10H2,2-7H3,(H,26,27). The van der Waals surface area contributed by atoms with E-state index in [1.54, 1.807) is 26.8 Å². The zero-order chi connectivity index (χ0) is 22.4. The first kappa shape index (κ1) is 22.0. The van der Waals surface area contributed by atoms with Crippen LogP contribution < -0.4 is 14.2 Å². The summed E-state index contributed by atoms with van der Waals surface area (Å²) in [5.41, 5.74) is -0.675. The highest BCUT2D eigenvalue weighted by atomic mass is 35.5. The third kappa shape index (κ3) is 4.23. The Kier molecular flexibility index (Phi) is 5.49. The lowest BCUT2D eigenvalue weighted by Gasteiger charge is -2.27. The van der Waals surface area contributed by atoms with Gasteiger partial charge in [-0.25, -0.2) is 14.8 Å². The second kappa shape index (κ2) is 7.50. The molecular formula is C21H26ClN3O5. The van der Waals surface area contributed by atoms with Crippen LogP contribution in [-0.4, -0.2) is 43.4 Å². The molecule has 0 atom stereocenters. The van der Waals surface area contributed by atoms with Crippen molar-refractivity contribution < 1.29 is 24.1 Å². The molecule has 0 spiro atoms. The van der Waals surface area contributed by atoms with Crippen LogP contribution in [0.15, 0.2) is 6.58 Å².